The zero-order valence-corrected chi connectivity index (χ0v) is 13.5. The lowest BCUT2D eigenvalue weighted by Crippen LogP contribution is -2.50. The highest BCUT2D eigenvalue weighted by atomic mass is 79.9. The van der Waals surface area contributed by atoms with E-state index in [4.69, 9.17) is 0 Å². The van der Waals surface area contributed by atoms with E-state index in [0.29, 0.717) is 0 Å². The Balaban J connectivity index is 1.67. The molecule has 3 saturated carbocycles. The molecule has 0 nitrogen and oxygen atoms in total. The minimum atomic E-state index is 0.826. The van der Waals surface area contributed by atoms with Crippen LogP contribution in [0, 0.1) is 35.5 Å². The van der Waals surface area contributed by atoms with Gasteiger partial charge in [0.05, 0.1) is 0 Å². The molecule has 4 aliphatic carbocycles. The molecule has 0 radical (unpaired) electrons. The number of halogens is 1. The van der Waals surface area contributed by atoms with Crippen LogP contribution in [0.5, 0.6) is 0 Å². The first-order valence-electron chi connectivity index (χ1n) is 8.65. The van der Waals surface area contributed by atoms with Crippen molar-refractivity contribution in [3.8, 4) is 0 Å². The first kappa shape index (κ1) is 12.9. The largest absolute Gasteiger partial charge is 0.0891 e. The van der Waals surface area contributed by atoms with E-state index >= 15 is 0 Å². The fourth-order valence-electron chi connectivity index (χ4n) is 6.23. The van der Waals surface area contributed by atoms with Gasteiger partial charge < -0.3 is 0 Å². The van der Waals surface area contributed by atoms with Crippen molar-refractivity contribution in [1.29, 1.82) is 0 Å². The lowest BCUT2D eigenvalue weighted by atomic mass is 9.49. The quantitative estimate of drug-likeness (QED) is 0.404. The Morgan fingerprint density at radius 3 is 2.37 bits per heavy atom. The van der Waals surface area contributed by atoms with Crippen molar-refractivity contribution in [2.75, 3.05) is 0 Å². The predicted octanol–water partition coefficient (Wildman–Crippen LogP) is 5.57. The van der Waals surface area contributed by atoms with Crippen LogP contribution in [0.15, 0.2) is 12.2 Å². The molecule has 106 valence electrons. The van der Waals surface area contributed by atoms with Crippen molar-refractivity contribution in [2.45, 2.75) is 62.6 Å². The van der Waals surface area contributed by atoms with Crippen LogP contribution in [-0.4, -0.2) is 4.83 Å². The maximum absolute atomic E-state index is 3.94. The van der Waals surface area contributed by atoms with E-state index in [0.717, 1.165) is 40.3 Å². The summed E-state index contributed by atoms with van der Waals surface area (Å²) in [6.45, 7) is 0. The molecule has 0 aliphatic heterocycles. The molecule has 0 aromatic carbocycles. The average molecular weight is 323 g/mol. The monoisotopic (exact) mass is 322 g/mol. The molecule has 4 aliphatic rings. The maximum Gasteiger partial charge on any atom is 0.0148 e. The van der Waals surface area contributed by atoms with Crippen molar-refractivity contribution in [3.63, 3.8) is 0 Å². The van der Waals surface area contributed by atoms with Gasteiger partial charge in [-0.3, -0.25) is 0 Å². The summed E-state index contributed by atoms with van der Waals surface area (Å²) in [5.41, 5.74) is 0. The third-order valence-electron chi connectivity index (χ3n) is 6.88. The Morgan fingerprint density at radius 1 is 0.737 bits per heavy atom. The molecule has 0 bridgehead atoms. The summed E-state index contributed by atoms with van der Waals surface area (Å²) in [6.07, 6.45) is 18.5. The molecule has 0 amide bonds. The number of hydrogen-bond acceptors (Lipinski definition) is 0. The lowest BCUT2D eigenvalue weighted by molar-refractivity contribution is -0.0483. The van der Waals surface area contributed by atoms with Gasteiger partial charge in [-0.1, -0.05) is 40.9 Å². The Bertz CT molecular complexity index is 361. The Labute approximate surface area is 126 Å². The van der Waals surface area contributed by atoms with E-state index in [1.54, 1.807) is 6.42 Å². The highest BCUT2D eigenvalue weighted by Crippen LogP contribution is 2.58. The Kier molecular flexibility index (Phi) is 3.54. The van der Waals surface area contributed by atoms with E-state index in [2.05, 4.69) is 28.1 Å². The average Bonchev–Trinajstić information content (AvgIpc) is 2.47. The minimum Gasteiger partial charge on any atom is -0.0891 e. The van der Waals surface area contributed by atoms with Gasteiger partial charge in [0, 0.05) is 4.83 Å². The number of allylic oxidation sites excluding steroid dienone is 2. The molecule has 0 heterocycles. The van der Waals surface area contributed by atoms with Gasteiger partial charge in [0.2, 0.25) is 0 Å². The van der Waals surface area contributed by atoms with E-state index < -0.39 is 0 Å². The van der Waals surface area contributed by atoms with Crippen LogP contribution in [-0.2, 0) is 0 Å². The van der Waals surface area contributed by atoms with Crippen LogP contribution in [0.3, 0.4) is 0 Å². The summed E-state index contributed by atoms with van der Waals surface area (Å²) in [6, 6.07) is 0. The molecule has 0 spiro atoms. The van der Waals surface area contributed by atoms with E-state index in [1.807, 2.05) is 0 Å². The molecule has 5 unspecified atom stereocenters. The zero-order chi connectivity index (χ0) is 12.8. The SMILES string of the molecule is BrC1CCC2C(C1)[C@@H]1CCCCC1C1C=CCC[C@@H]12. The van der Waals surface area contributed by atoms with Crippen molar-refractivity contribution in [2.24, 2.45) is 35.5 Å². The Hall–Kier alpha value is 0.220. The molecule has 3 fully saturated rings. The van der Waals surface area contributed by atoms with Crippen LogP contribution in [0.2, 0.25) is 0 Å². The van der Waals surface area contributed by atoms with E-state index in [1.165, 1.54) is 51.4 Å². The summed E-state index contributed by atoms with van der Waals surface area (Å²) in [4.78, 5) is 0.826. The molecule has 0 aromatic rings. The summed E-state index contributed by atoms with van der Waals surface area (Å²) in [5, 5.41) is 0. The highest BCUT2D eigenvalue weighted by Gasteiger charge is 2.51. The normalized spacial score (nSPS) is 53.0. The van der Waals surface area contributed by atoms with Gasteiger partial charge in [-0.25, -0.2) is 0 Å². The molecule has 0 aromatic heterocycles. The van der Waals surface area contributed by atoms with Crippen molar-refractivity contribution in [3.05, 3.63) is 12.2 Å². The van der Waals surface area contributed by atoms with Crippen molar-refractivity contribution >= 4 is 15.9 Å². The van der Waals surface area contributed by atoms with Gasteiger partial charge in [0.1, 0.15) is 0 Å². The zero-order valence-electron chi connectivity index (χ0n) is 11.9. The number of alkyl halides is 1. The summed E-state index contributed by atoms with van der Waals surface area (Å²) < 4.78 is 0. The second kappa shape index (κ2) is 5.20. The molecule has 19 heavy (non-hydrogen) atoms. The first-order valence-corrected chi connectivity index (χ1v) is 9.57. The second-order valence-corrected chi connectivity index (χ2v) is 8.89. The van der Waals surface area contributed by atoms with E-state index in [-0.39, 0.29) is 0 Å². The standard InChI is InChI=1S/C18H27Br/c19-12-9-10-17-15-7-2-1-5-13(15)14-6-3-4-8-16(14)18(17)11-12/h1,5,12-18H,2-4,6-11H2/t12?,13?,14?,15-,16+,17?,18?/m0/s1. The third-order valence-corrected chi connectivity index (χ3v) is 7.71. The number of fused-ring (bicyclic) bond motifs is 6. The number of hydrogen-bond donors (Lipinski definition) is 0. The topological polar surface area (TPSA) is 0 Å². The van der Waals surface area contributed by atoms with Crippen molar-refractivity contribution in [1.82, 2.24) is 0 Å². The summed E-state index contributed by atoms with van der Waals surface area (Å²) >= 11 is 3.94. The van der Waals surface area contributed by atoms with Gasteiger partial charge in [-0.15, -0.1) is 0 Å². The van der Waals surface area contributed by atoms with Gasteiger partial charge in [-0.2, -0.15) is 0 Å². The van der Waals surface area contributed by atoms with Gasteiger partial charge in [0.15, 0.2) is 0 Å². The lowest BCUT2D eigenvalue weighted by Gasteiger charge is -2.56. The number of rotatable bonds is 0. The van der Waals surface area contributed by atoms with Crippen molar-refractivity contribution < 1.29 is 0 Å². The molecule has 0 N–H and O–H groups in total. The molecule has 0 saturated heterocycles. The summed E-state index contributed by atoms with van der Waals surface area (Å²) in [5.74, 6) is 6.28. The predicted molar refractivity (Wildman–Crippen MR) is 84.3 cm³/mol. The van der Waals surface area contributed by atoms with Crippen LogP contribution in [0.25, 0.3) is 0 Å². The van der Waals surface area contributed by atoms with Crippen LogP contribution < -0.4 is 0 Å². The molecular weight excluding hydrogens is 296 g/mol. The summed E-state index contributed by atoms with van der Waals surface area (Å²) in [7, 11) is 0. The van der Waals surface area contributed by atoms with Crippen LogP contribution in [0.1, 0.15) is 57.8 Å². The fourth-order valence-corrected chi connectivity index (χ4v) is 6.93. The minimum absolute atomic E-state index is 0.826. The third kappa shape index (κ3) is 2.15. The molecular formula is C18H27Br. The van der Waals surface area contributed by atoms with Crippen LogP contribution >= 0.6 is 15.9 Å². The maximum atomic E-state index is 3.94. The fraction of sp³-hybridized carbons (Fsp3) is 0.889. The van der Waals surface area contributed by atoms with Gasteiger partial charge in [-0.05, 0) is 80.5 Å². The highest BCUT2D eigenvalue weighted by molar-refractivity contribution is 9.09. The van der Waals surface area contributed by atoms with E-state index in [9.17, 15) is 0 Å². The van der Waals surface area contributed by atoms with Crippen LogP contribution in [0.4, 0.5) is 0 Å². The van der Waals surface area contributed by atoms with Gasteiger partial charge in [0.25, 0.3) is 0 Å². The second-order valence-electron chi connectivity index (χ2n) is 7.60. The molecule has 1 heteroatoms. The van der Waals surface area contributed by atoms with Gasteiger partial charge >= 0.3 is 0 Å². The molecule has 7 atom stereocenters. The smallest absolute Gasteiger partial charge is 0.0148 e. The molecule has 4 rings (SSSR count). The Morgan fingerprint density at radius 2 is 1.47 bits per heavy atom. The first-order chi connectivity index (χ1) is 9.34.